The van der Waals surface area contributed by atoms with Crippen LogP contribution in [0.4, 0.5) is 0 Å². The van der Waals surface area contributed by atoms with Crippen LogP contribution in [0, 0.1) is 6.92 Å². The number of benzene rings is 1. The quantitative estimate of drug-likeness (QED) is 0.391. The summed E-state index contributed by atoms with van der Waals surface area (Å²) in [6.45, 7) is 8.42. The maximum Gasteiger partial charge on any atom is 0.194 e. The van der Waals surface area contributed by atoms with Crippen LogP contribution in [0.15, 0.2) is 46.8 Å². The van der Waals surface area contributed by atoms with Crippen molar-refractivity contribution in [1.29, 1.82) is 0 Å². The Hall–Kier alpha value is -1.12. The highest BCUT2D eigenvalue weighted by Gasteiger charge is 2.25. The van der Waals surface area contributed by atoms with Gasteiger partial charge in [-0.3, -0.25) is 4.99 Å². The minimum absolute atomic E-state index is 0. The van der Waals surface area contributed by atoms with Crippen molar-refractivity contribution in [2.45, 2.75) is 26.4 Å². The van der Waals surface area contributed by atoms with E-state index in [0.717, 1.165) is 45.2 Å². The van der Waals surface area contributed by atoms with Crippen LogP contribution < -0.4 is 5.32 Å². The summed E-state index contributed by atoms with van der Waals surface area (Å²) in [6.07, 6.45) is 1.11. The fourth-order valence-electron chi connectivity index (χ4n) is 3.13. The second-order valence-corrected chi connectivity index (χ2v) is 7.26. The predicted molar refractivity (Wildman–Crippen MR) is 121 cm³/mol. The predicted octanol–water partition coefficient (Wildman–Crippen LogP) is 4.26. The van der Waals surface area contributed by atoms with E-state index in [0.29, 0.717) is 0 Å². The Balaban J connectivity index is 0.00000243. The Morgan fingerprint density at radius 2 is 2.15 bits per heavy atom. The number of nitrogens with one attached hydrogen (secondary N) is 1. The molecule has 0 aliphatic carbocycles. The van der Waals surface area contributed by atoms with E-state index in [-0.39, 0.29) is 30.1 Å². The molecule has 0 saturated carbocycles. The van der Waals surface area contributed by atoms with Crippen LogP contribution in [0.25, 0.3) is 0 Å². The first-order valence-electron chi connectivity index (χ1n) is 9.00. The molecule has 26 heavy (non-hydrogen) atoms. The second kappa shape index (κ2) is 10.9. The maximum atomic E-state index is 6.04. The number of hydrogen-bond donors (Lipinski definition) is 1. The smallest absolute Gasteiger partial charge is 0.194 e. The molecule has 0 bridgehead atoms. The molecule has 1 saturated heterocycles. The molecule has 1 fully saturated rings. The third-order valence-electron chi connectivity index (χ3n) is 4.44. The van der Waals surface area contributed by atoms with Gasteiger partial charge in [0.05, 0.1) is 13.2 Å². The Morgan fingerprint density at radius 1 is 1.31 bits per heavy atom. The summed E-state index contributed by atoms with van der Waals surface area (Å²) in [5.41, 5.74) is 2.57. The average molecular weight is 485 g/mol. The third kappa shape index (κ3) is 5.69. The molecule has 1 unspecified atom stereocenters. The largest absolute Gasteiger partial charge is 0.370 e. The number of guanidine groups is 1. The van der Waals surface area contributed by atoms with Crippen LogP contribution in [0.1, 0.15) is 29.0 Å². The SMILES string of the molecule is CCNC(=NCCc1cccs1)N1CCOC(c2ccccc2C)C1.I. The van der Waals surface area contributed by atoms with Crippen LogP contribution in [0.5, 0.6) is 0 Å². The van der Waals surface area contributed by atoms with Crippen LogP contribution in [0.3, 0.4) is 0 Å². The first-order valence-corrected chi connectivity index (χ1v) is 9.88. The molecule has 0 amide bonds. The van der Waals surface area contributed by atoms with Gasteiger partial charge in [-0.2, -0.15) is 0 Å². The molecule has 0 radical (unpaired) electrons. The molecule has 1 N–H and O–H groups in total. The van der Waals surface area contributed by atoms with Crippen molar-refractivity contribution >= 4 is 41.3 Å². The van der Waals surface area contributed by atoms with Crippen molar-refractivity contribution < 1.29 is 4.74 Å². The van der Waals surface area contributed by atoms with Crippen LogP contribution in [-0.2, 0) is 11.2 Å². The monoisotopic (exact) mass is 485 g/mol. The fourth-order valence-corrected chi connectivity index (χ4v) is 3.83. The minimum Gasteiger partial charge on any atom is -0.370 e. The summed E-state index contributed by atoms with van der Waals surface area (Å²) >= 11 is 1.80. The molecule has 1 aromatic heterocycles. The first-order chi connectivity index (χ1) is 12.3. The lowest BCUT2D eigenvalue weighted by molar-refractivity contribution is -0.00832. The summed E-state index contributed by atoms with van der Waals surface area (Å²) in [7, 11) is 0. The van der Waals surface area contributed by atoms with E-state index in [2.05, 4.69) is 65.8 Å². The lowest BCUT2D eigenvalue weighted by Crippen LogP contribution is -2.48. The molecule has 142 valence electrons. The molecule has 1 aliphatic rings. The molecular weight excluding hydrogens is 457 g/mol. The summed E-state index contributed by atoms with van der Waals surface area (Å²) in [5.74, 6) is 1.00. The fraction of sp³-hybridized carbons (Fsp3) is 0.450. The van der Waals surface area contributed by atoms with Crippen LogP contribution in [0.2, 0.25) is 0 Å². The van der Waals surface area contributed by atoms with Gasteiger partial charge in [0.15, 0.2) is 5.96 Å². The van der Waals surface area contributed by atoms with E-state index >= 15 is 0 Å². The molecular formula is C20H28IN3OS. The maximum absolute atomic E-state index is 6.04. The van der Waals surface area contributed by atoms with Gasteiger partial charge >= 0.3 is 0 Å². The molecule has 0 spiro atoms. The van der Waals surface area contributed by atoms with Crippen LogP contribution >= 0.6 is 35.3 Å². The van der Waals surface area contributed by atoms with E-state index in [1.807, 2.05) is 0 Å². The van der Waals surface area contributed by atoms with Gasteiger partial charge in [0.25, 0.3) is 0 Å². The van der Waals surface area contributed by atoms with Gasteiger partial charge < -0.3 is 15.0 Å². The lowest BCUT2D eigenvalue weighted by atomic mass is 10.0. The Bertz CT molecular complexity index is 690. The highest BCUT2D eigenvalue weighted by Crippen LogP contribution is 2.25. The van der Waals surface area contributed by atoms with Crippen molar-refractivity contribution in [2.75, 3.05) is 32.8 Å². The Kier molecular flexibility index (Phi) is 8.87. The number of thiophene rings is 1. The van der Waals surface area contributed by atoms with E-state index in [4.69, 9.17) is 9.73 Å². The van der Waals surface area contributed by atoms with Crippen molar-refractivity contribution in [1.82, 2.24) is 10.2 Å². The lowest BCUT2D eigenvalue weighted by Gasteiger charge is -2.35. The van der Waals surface area contributed by atoms with Crippen molar-refractivity contribution in [3.63, 3.8) is 0 Å². The van der Waals surface area contributed by atoms with Gasteiger partial charge in [0, 0.05) is 30.9 Å². The normalized spacial score (nSPS) is 17.7. The molecule has 1 aromatic carbocycles. The number of morpholine rings is 1. The van der Waals surface area contributed by atoms with Gasteiger partial charge in [-0.05, 0) is 36.4 Å². The molecule has 1 aliphatic heterocycles. The summed E-state index contributed by atoms with van der Waals surface area (Å²) in [5, 5.41) is 5.57. The van der Waals surface area contributed by atoms with Crippen molar-refractivity contribution in [2.24, 2.45) is 4.99 Å². The Labute approximate surface area is 177 Å². The summed E-state index contributed by atoms with van der Waals surface area (Å²) in [4.78, 5) is 8.57. The standard InChI is InChI=1S/C20H27N3OS.HI/c1-3-21-20(22-11-10-17-8-6-14-25-17)23-12-13-24-19(15-23)18-9-5-4-7-16(18)2;/h4-9,14,19H,3,10-13,15H2,1-2H3,(H,21,22);1H. The summed E-state index contributed by atoms with van der Waals surface area (Å²) < 4.78 is 6.04. The molecule has 6 heteroatoms. The van der Waals surface area contributed by atoms with Crippen molar-refractivity contribution in [3.8, 4) is 0 Å². The molecule has 1 atom stereocenters. The topological polar surface area (TPSA) is 36.9 Å². The molecule has 2 heterocycles. The number of nitrogens with zero attached hydrogens (tertiary/aromatic N) is 2. The van der Waals surface area contributed by atoms with Gasteiger partial charge in [-0.15, -0.1) is 35.3 Å². The zero-order valence-corrected chi connectivity index (χ0v) is 18.6. The van der Waals surface area contributed by atoms with E-state index < -0.39 is 0 Å². The molecule has 4 nitrogen and oxygen atoms in total. The highest BCUT2D eigenvalue weighted by molar-refractivity contribution is 14.0. The first kappa shape index (κ1) is 21.2. The summed E-state index contributed by atoms with van der Waals surface area (Å²) in [6, 6.07) is 12.8. The second-order valence-electron chi connectivity index (χ2n) is 6.23. The zero-order chi connectivity index (χ0) is 17.5. The highest BCUT2D eigenvalue weighted by atomic mass is 127. The zero-order valence-electron chi connectivity index (χ0n) is 15.5. The number of rotatable bonds is 5. The van der Waals surface area contributed by atoms with E-state index in [1.54, 1.807) is 11.3 Å². The third-order valence-corrected chi connectivity index (χ3v) is 5.37. The van der Waals surface area contributed by atoms with Gasteiger partial charge in [0.1, 0.15) is 6.10 Å². The van der Waals surface area contributed by atoms with E-state index in [9.17, 15) is 0 Å². The number of ether oxygens (including phenoxy) is 1. The van der Waals surface area contributed by atoms with Crippen molar-refractivity contribution in [3.05, 3.63) is 57.8 Å². The Morgan fingerprint density at radius 3 is 2.88 bits per heavy atom. The van der Waals surface area contributed by atoms with E-state index in [1.165, 1.54) is 16.0 Å². The van der Waals surface area contributed by atoms with Gasteiger partial charge in [0.2, 0.25) is 0 Å². The minimum atomic E-state index is 0. The van der Waals surface area contributed by atoms with Gasteiger partial charge in [-0.1, -0.05) is 30.3 Å². The number of hydrogen-bond acceptors (Lipinski definition) is 3. The van der Waals surface area contributed by atoms with Gasteiger partial charge in [-0.25, -0.2) is 0 Å². The number of aryl methyl sites for hydroxylation is 1. The average Bonchev–Trinajstić information content (AvgIpc) is 3.15. The molecule has 3 rings (SSSR count). The number of aliphatic imine (C=N–C) groups is 1. The number of halogens is 1. The van der Waals surface area contributed by atoms with Crippen LogP contribution in [-0.4, -0.2) is 43.6 Å². The molecule has 2 aromatic rings.